The first kappa shape index (κ1) is 16.5. The fourth-order valence-electron chi connectivity index (χ4n) is 3.33. The second-order valence-corrected chi connectivity index (χ2v) is 6.23. The maximum Gasteiger partial charge on any atom is 0.224 e. The zero-order valence-corrected chi connectivity index (χ0v) is 14.3. The third-order valence-corrected chi connectivity index (χ3v) is 4.67. The minimum atomic E-state index is 0.128. The molecule has 2 aromatic carbocycles. The van der Waals surface area contributed by atoms with E-state index in [0.29, 0.717) is 0 Å². The molecule has 4 heteroatoms. The first-order valence-corrected chi connectivity index (χ1v) is 8.37. The van der Waals surface area contributed by atoms with Crippen LogP contribution in [0.2, 0.25) is 0 Å². The second-order valence-electron chi connectivity index (χ2n) is 6.23. The van der Waals surface area contributed by atoms with Gasteiger partial charge in [0, 0.05) is 25.7 Å². The Morgan fingerprint density at radius 3 is 2.67 bits per heavy atom. The number of hydrogen-bond donors (Lipinski definition) is 1. The van der Waals surface area contributed by atoms with Crippen molar-refractivity contribution in [1.82, 2.24) is 10.2 Å². The molecule has 4 nitrogen and oxygen atoms in total. The molecule has 3 rings (SSSR count). The summed E-state index contributed by atoms with van der Waals surface area (Å²) in [5.74, 6) is 1.17. The van der Waals surface area contributed by atoms with E-state index in [-0.39, 0.29) is 11.8 Å². The molecule has 0 bridgehead atoms. The number of likely N-dealkylation sites (tertiary alicyclic amines) is 1. The molecule has 1 fully saturated rings. The third kappa shape index (κ3) is 3.60. The monoisotopic (exact) mass is 324 g/mol. The summed E-state index contributed by atoms with van der Waals surface area (Å²) in [5.41, 5.74) is 3.53. The standard InChI is InChI=1S/C20H24N2O2/c1-21-20(23)17-11-12-22(14-17)13-15-7-9-16(10-8-15)18-5-3-4-6-19(18)24-2/h3-10,17H,11-14H2,1-2H3,(H,21,23). The van der Waals surface area contributed by atoms with E-state index in [1.807, 2.05) is 18.2 Å². The SMILES string of the molecule is CNC(=O)C1CCN(Cc2ccc(-c3ccccc3OC)cc2)C1. The van der Waals surface area contributed by atoms with Crippen LogP contribution in [0.25, 0.3) is 11.1 Å². The maximum atomic E-state index is 11.7. The summed E-state index contributed by atoms with van der Waals surface area (Å²) < 4.78 is 5.44. The van der Waals surface area contributed by atoms with E-state index in [1.54, 1.807) is 14.2 Å². The van der Waals surface area contributed by atoms with Gasteiger partial charge in [-0.15, -0.1) is 0 Å². The Balaban J connectivity index is 1.66. The fraction of sp³-hybridized carbons (Fsp3) is 0.350. The lowest BCUT2D eigenvalue weighted by molar-refractivity contribution is -0.124. The molecule has 0 aliphatic carbocycles. The Bertz CT molecular complexity index is 697. The van der Waals surface area contributed by atoms with Gasteiger partial charge in [0.15, 0.2) is 0 Å². The van der Waals surface area contributed by atoms with Gasteiger partial charge in [0.25, 0.3) is 0 Å². The molecule has 126 valence electrons. The Morgan fingerprint density at radius 1 is 1.21 bits per heavy atom. The highest BCUT2D eigenvalue weighted by atomic mass is 16.5. The molecular formula is C20H24N2O2. The minimum absolute atomic E-state index is 0.128. The van der Waals surface area contributed by atoms with Gasteiger partial charge in [-0.2, -0.15) is 0 Å². The van der Waals surface area contributed by atoms with Crippen molar-refractivity contribution in [3.8, 4) is 16.9 Å². The first-order valence-electron chi connectivity index (χ1n) is 8.37. The Hall–Kier alpha value is -2.33. The lowest BCUT2D eigenvalue weighted by Crippen LogP contribution is -2.30. The van der Waals surface area contributed by atoms with Crippen LogP contribution in [0.4, 0.5) is 0 Å². The van der Waals surface area contributed by atoms with Gasteiger partial charge in [0.05, 0.1) is 13.0 Å². The van der Waals surface area contributed by atoms with Crippen LogP contribution >= 0.6 is 0 Å². The van der Waals surface area contributed by atoms with Gasteiger partial charge in [-0.05, 0) is 30.2 Å². The van der Waals surface area contributed by atoms with Gasteiger partial charge in [-0.25, -0.2) is 0 Å². The van der Waals surface area contributed by atoms with E-state index in [4.69, 9.17) is 4.74 Å². The topological polar surface area (TPSA) is 41.6 Å². The lowest BCUT2D eigenvalue weighted by atomic mass is 10.0. The van der Waals surface area contributed by atoms with E-state index in [2.05, 4.69) is 40.5 Å². The van der Waals surface area contributed by atoms with Gasteiger partial charge in [-0.3, -0.25) is 9.69 Å². The van der Waals surface area contributed by atoms with Crippen molar-refractivity contribution in [3.63, 3.8) is 0 Å². The van der Waals surface area contributed by atoms with Crippen LogP contribution in [0.15, 0.2) is 48.5 Å². The zero-order valence-electron chi connectivity index (χ0n) is 14.3. The van der Waals surface area contributed by atoms with Gasteiger partial charge < -0.3 is 10.1 Å². The van der Waals surface area contributed by atoms with Crippen LogP contribution < -0.4 is 10.1 Å². The summed E-state index contributed by atoms with van der Waals surface area (Å²) >= 11 is 0. The van der Waals surface area contributed by atoms with Crippen molar-refractivity contribution < 1.29 is 9.53 Å². The fourth-order valence-corrected chi connectivity index (χ4v) is 3.33. The molecule has 1 heterocycles. The van der Waals surface area contributed by atoms with Crippen LogP contribution in [0.3, 0.4) is 0 Å². The van der Waals surface area contributed by atoms with E-state index in [1.165, 1.54) is 5.56 Å². The number of nitrogens with zero attached hydrogens (tertiary/aromatic N) is 1. The number of para-hydroxylation sites is 1. The minimum Gasteiger partial charge on any atom is -0.496 e. The molecule has 24 heavy (non-hydrogen) atoms. The molecule has 0 aromatic heterocycles. The molecule has 2 aromatic rings. The molecule has 1 amide bonds. The number of methoxy groups -OCH3 is 1. The summed E-state index contributed by atoms with van der Waals surface area (Å²) in [6.45, 7) is 2.71. The molecular weight excluding hydrogens is 300 g/mol. The molecule has 0 saturated carbocycles. The first-order chi connectivity index (χ1) is 11.7. The van der Waals surface area contributed by atoms with E-state index < -0.39 is 0 Å². The predicted molar refractivity (Wildman–Crippen MR) is 95.9 cm³/mol. The van der Waals surface area contributed by atoms with Gasteiger partial charge in [-0.1, -0.05) is 42.5 Å². The number of carbonyl (C=O) groups is 1. The van der Waals surface area contributed by atoms with Crippen LogP contribution in [-0.2, 0) is 11.3 Å². The van der Waals surface area contributed by atoms with Gasteiger partial charge >= 0.3 is 0 Å². The summed E-state index contributed by atoms with van der Waals surface area (Å²) in [7, 11) is 3.41. The zero-order chi connectivity index (χ0) is 16.9. The number of amides is 1. The molecule has 0 spiro atoms. The Morgan fingerprint density at radius 2 is 1.96 bits per heavy atom. The van der Waals surface area contributed by atoms with Crippen LogP contribution in [0, 0.1) is 5.92 Å². The number of benzene rings is 2. The largest absolute Gasteiger partial charge is 0.496 e. The number of carbonyl (C=O) groups excluding carboxylic acids is 1. The van der Waals surface area contributed by atoms with Crippen LogP contribution in [0.5, 0.6) is 5.75 Å². The smallest absolute Gasteiger partial charge is 0.224 e. The van der Waals surface area contributed by atoms with Crippen molar-refractivity contribution in [1.29, 1.82) is 0 Å². The molecule has 1 saturated heterocycles. The summed E-state index contributed by atoms with van der Waals surface area (Å²) in [6, 6.07) is 16.7. The quantitative estimate of drug-likeness (QED) is 0.919. The van der Waals surface area contributed by atoms with Crippen molar-refractivity contribution in [2.75, 3.05) is 27.2 Å². The van der Waals surface area contributed by atoms with E-state index >= 15 is 0 Å². The van der Waals surface area contributed by atoms with E-state index in [0.717, 1.165) is 42.9 Å². The van der Waals surface area contributed by atoms with Gasteiger partial charge in [0.1, 0.15) is 5.75 Å². The van der Waals surface area contributed by atoms with Crippen molar-refractivity contribution >= 4 is 5.91 Å². The number of ether oxygens (including phenoxy) is 1. The normalized spacial score (nSPS) is 17.7. The summed E-state index contributed by atoms with van der Waals surface area (Å²) in [6.07, 6.45) is 0.943. The van der Waals surface area contributed by atoms with Crippen LogP contribution in [-0.4, -0.2) is 38.1 Å². The van der Waals surface area contributed by atoms with Crippen molar-refractivity contribution in [3.05, 3.63) is 54.1 Å². The predicted octanol–water partition coefficient (Wildman–Crippen LogP) is 2.93. The Labute approximate surface area is 143 Å². The summed E-state index contributed by atoms with van der Waals surface area (Å²) in [4.78, 5) is 14.1. The molecule has 1 unspecified atom stereocenters. The number of rotatable bonds is 5. The number of nitrogens with one attached hydrogen (secondary N) is 1. The molecule has 0 radical (unpaired) electrons. The summed E-state index contributed by atoms with van der Waals surface area (Å²) in [5, 5.41) is 2.75. The molecule has 1 aliphatic heterocycles. The van der Waals surface area contributed by atoms with Gasteiger partial charge in [0.2, 0.25) is 5.91 Å². The van der Waals surface area contributed by atoms with Crippen molar-refractivity contribution in [2.45, 2.75) is 13.0 Å². The van der Waals surface area contributed by atoms with Crippen LogP contribution in [0.1, 0.15) is 12.0 Å². The maximum absolute atomic E-state index is 11.7. The van der Waals surface area contributed by atoms with Crippen molar-refractivity contribution in [2.24, 2.45) is 5.92 Å². The second kappa shape index (κ2) is 7.49. The molecule has 1 N–H and O–H groups in total. The molecule has 1 atom stereocenters. The highest BCUT2D eigenvalue weighted by Crippen LogP contribution is 2.30. The number of hydrogen-bond acceptors (Lipinski definition) is 3. The van der Waals surface area contributed by atoms with E-state index in [9.17, 15) is 4.79 Å². The highest BCUT2D eigenvalue weighted by molar-refractivity contribution is 5.78. The lowest BCUT2D eigenvalue weighted by Gasteiger charge is -2.16. The third-order valence-electron chi connectivity index (χ3n) is 4.67. The average molecular weight is 324 g/mol. The average Bonchev–Trinajstić information content (AvgIpc) is 3.10. The Kier molecular flexibility index (Phi) is 5.16. The molecule has 1 aliphatic rings. The highest BCUT2D eigenvalue weighted by Gasteiger charge is 2.27.